The van der Waals surface area contributed by atoms with Crippen molar-refractivity contribution in [2.45, 2.75) is 51.3 Å². The first-order valence-electron chi connectivity index (χ1n) is 6.27. The molecule has 0 spiro atoms. The van der Waals surface area contributed by atoms with Crippen molar-refractivity contribution in [2.24, 2.45) is 11.7 Å². The van der Waals surface area contributed by atoms with Gasteiger partial charge in [-0.05, 0) is 33.1 Å². The summed E-state index contributed by atoms with van der Waals surface area (Å²) in [6.07, 6.45) is 2.95. The van der Waals surface area contributed by atoms with E-state index in [1.807, 2.05) is 11.8 Å². The number of nitrogens with two attached hydrogens (primary N) is 1. The van der Waals surface area contributed by atoms with Crippen LogP contribution in [0.4, 0.5) is 0 Å². The third-order valence-corrected chi connectivity index (χ3v) is 3.99. The molecule has 4 nitrogen and oxygen atoms in total. The highest BCUT2D eigenvalue weighted by Gasteiger charge is 2.35. The molecule has 92 valence electrons. The maximum atomic E-state index is 12.3. The Balaban J connectivity index is 1.98. The minimum Gasteiger partial charge on any atom is -0.375 e. The van der Waals surface area contributed by atoms with Crippen molar-refractivity contribution in [1.29, 1.82) is 0 Å². The topological polar surface area (TPSA) is 55.6 Å². The molecule has 0 aromatic heterocycles. The van der Waals surface area contributed by atoms with Crippen molar-refractivity contribution in [3.63, 3.8) is 0 Å². The Morgan fingerprint density at radius 2 is 2.12 bits per heavy atom. The van der Waals surface area contributed by atoms with Crippen LogP contribution in [0.2, 0.25) is 0 Å². The van der Waals surface area contributed by atoms with E-state index < -0.39 is 0 Å². The van der Waals surface area contributed by atoms with E-state index in [9.17, 15) is 4.79 Å². The monoisotopic (exact) mass is 226 g/mol. The van der Waals surface area contributed by atoms with Crippen LogP contribution < -0.4 is 5.73 Å². The van der Waals surface area contributed by atoms with E-state index in [-0.39, 0.29) is 30.0 Å². The van der Waals surface area contributed by atoms with Gasteiger partial charge in [0, 0.05) is 18.5 Å². The summed E-state index contributed by atoms with van der Waals surface area (Å²) in [5, 5.41) is 0. The lowest BCUT2D eigenvalue weighted by atomic mass is 10.0. The minimum atomic E-state index is 0.146. The molecule has 1 saturated carbocycles. The van der Waals surface area contributed by atoms with Gasteiger partial charge >= 0.3 is 0 Å². The number of hydrogen-bond acceptors (Lipinski definition) is 3. The van der Waals surface area contributed by atoms with Gasteiger partial charge in [-0.2, -0.15) is 0 Å². The molecule has 4 unspecified atom stereocenters. The average molecular weight is 226 g/mol. The van der Waals surface area contributed by atoms with Crippen molar-refractivity contribution in [3.05, 3.63) is 0 Å². The predicted molar refractivity (Wildman–Crippen MR) is 61.9 cm³/mol. The van der Waals surface area contributed by atoms with Gasteiger partial charge < -0.3 is 15.4 Å². The summed E-state index contributed by atoms with van der Waals surface area (Å²) in [6.45, 7) is 5.49. The molecular formula is C12H22N2O2. The molecule has 16 heavy (non-hydrogen) atoms. The Hall–Kier alpha value is -0.610. The predicted octanol–water partition coefficient (Wildman–Crippen LogP) is 0.750. The summed E-state index contributed by atoms with van der Waals surface area (Å²) >= 11 is 0. The highest BCUT2D eigenvalue weighted by molar-refractivity contribution is 5.79. The van der Waals surface area contributed by atoms with E-state index in [1.54, 1.807) is 0 Å². The Morgan fingerprint density at radius 1 is 1.38 bits per heavy atom. The normalized spacial score (nSPS) is 40.1. The van der Waals surface area contributed by atoms with E-state index >= 15 is 0 Å². The number of rotatable bonds is 1. The lowest BCUT2D eigenvalue weighted by molar-refractivity contribution is -0.148. The third-order valence-electron chi connectivity index (χ3n) is 3.99. The van der Waals surface area contributed by atoms with E-state index in [0.29, 0.717) is 6.61 Å². The van der Waals surface area contributed by atoms with E-state index in [0.717, 1.165) is 25.8 Å². The molecule has 1 amide bonds. The van der Waals surface area contributed by atoms with Crippen LogP contribution >= 0.6 is 0 Å². The van der Waals surface area contributed by atoms with E-state index in [4.69, 9.17) is 10.5 Å². The maximum absolute atomic E-state index is 12.3. The Kier molecular flexibility index (Phi) is 3.50. The first kappa shape index (κ1) is 11.9. The molecular weight excluding hydrogens is 204 g/mol. The summed E-state index contributed by atoms with van der Waals surface area (Å²) in [5.74, 6) is 0.443. The van der Waals surface area contributed by atoms with Crippen molar-refractivity contribution in [3.8, 4) is 0 Å². The number of morpholine rings is 1. The zero-order valence-corrected chi connectivity index (χ0v) is 10.2. The van der Waals surface area contributed by atoms with E-state index in [1.165, 1.54) is 0 Å². The lowest BCUT2D eigenvalue weighted by Gasteiger charge is -2.39. The number of carbonyl (C=O) groups excluding carboxylic acids is 1. The van der Waals surface area contributed by atoms with Gasteiger partial charge in [0.2, 0.25) is 5.91 Å². The molecule has 4 atom stereocenters. The van der Waals surface area contributed by atoms with Gasteiger partial charge in [-0.3, -0.25) is 4.79 Å². The molecule has 2 rings (SSSR count). The van der Waals surface area contributed by atoms with Crippen LogP contribution in [0.5, 0.6) is 0 Å². The molecule has 1 saturated heterocycles. The molecule has 0 radical (unpaired) electrons. The lowest BCUT2D eigenvalue weighted by Crippen LogP contribution is -2.52. The second kappa shape index (κ2) is 4.72. The highest BCUT2D eigenvalue weighted by Crippen LogP contribution is 2.28. The van der Waals surface area contributed by atoms with Gasteiger partial charge in [-0.25, -0.2) is 0 Å². The fraction of sp³-hybridized carbons (Fsp3) is 0.917. The Labute approximate surface area is 97.1 Å². The Morgan fingerprint density at radius 3 is 2.75 bits per heavy atom. The summed E-state index contributed by atoms with van der Waals surface area (Å²) in [6, 6.07) is 0.417. The van der Waals surface area contributed by atoms with Gasteiger partial charge in [0.25, 0.3) is 0 Å². The molecule has 1 heterocycles. The molecule has 1 aliphatic heterocycles. The summed E-state index contributed by atoms with van der Waals surface area (Å²) in [7, 11) is 0. The molecule has 2 fully saturated rings. The largest absolute Gasteiger partial charge is 0.375 e. The average Bonchev–Trinajstić information content (AvgIpc) is 2.68. The zero-order valence-electron chi connectivity index (χ0n) is 10.2. The van der Waals surface area contributed by atoms with Crippen molar-refractivity contribution >= 4 is 5.91 Å². The molecule has 0 bridgehead atoms. The molecule has 0 aromatic carbocycles. The van der Waals surface area contributed by atoms with Crippen LogP contribution in [0.25, 0.3) is 0 Å². The number of nitrogens with zero attached hydrogens (tertiary/aromatic N) is 1. The second-order valence-electron chi connectivity index (χ2n) is 5.12. The molecule has 2 aliphatic rings. The summed E-state index contributed by atoms with van der Waals surface area (Å²) in [5.41, 5.74) is 5.86. The third kappa shape index (κ3) is 2.23. The molecule has 2 N–H and O–H groups in total. The fourth-order valence-electron chi connectivity index (χ4n) is 2.72. The number of carbonyl (C=O) groups is 1. The van der Waals surface area contributed by atoms with Crippen molar-refractivity contribution in [1.82, 2.24) is 4.90 Å². The second-order valence-corrected chi connectivity index (χ2v) is 5.12. The maximum Gasteiger partial charge on any atom is 0.226 e. The first-order chi connectivity index (χ1) is 7.59. The zero-order chi connectivity index (χ0) is 11.7. The number of ether oxygens (including phenoxy) is 1. The SMILES string of the molecule is CC1OCCN(C(=O)C2CCC(N)C2)C1C. The summed E-state index contributed by atoms with van der Waals surface area (Å²) < 4.78 is 5.54. The molecule has 4 heteroatoms. The first-order valence-corrected chi connectivity index (χ1v) is 6.27. The van der Waals surface area contributed by atoms with Crippen LogP contribution in [0.1, 0.15) is 33.1 Å². The van der Waals surface area contributed by atoms with Crippen LogP contribution in [0, 0.1) is 5.92 Å². The highest BCUT2D eigenvalue weighted by atomic mass is 16.5. The summed E-state index contributed by atoms with van der Waals surface area (Å²) in [4.78, 5) is 14.3. The van der Waals surface area contributed by atoms with Gasteiger partial charge in [0.1, 0.15) is 0 Å². The number of amides is 1. The molecule has 0 aromatic rings. The van der Waals surface area contributed by atoms with E-state index in [2.05, 4.69) is 6.92 Å². The molecule has 1 aliphatic carbocycles. The van der Waals surface area contributed by atoms with Gasteiger partial charge in [0.05, 0.1) is 18.8 Å². The van der Waals surface area contributed by atoms with Crippen molar-refractivity contribution < 1.29 is 9.53 Å². The van der Waals surface area contributed by atoms with Crippen LogP contribution in [-0.4, -0.2) is 42.1 Å². The standard InChI is InChI=1S/C12H22N2O2/c1-8-9(2)16-6-5-14(8)12(15)10-3-4-11(13)7-10/h8-11H,3-7,13H2,1-2H3. The van der Waals surface area contributed by atoms with Crippen LogP contribution in [0.15, 0.2) is 0 Å². The fourth-order valence-corrected chi connectivity index (χ4v) is 2.72. The minimum absolute atomic E-state index is 0.146. The van der Waals surface area contributed by atoms with Gasteiger partial charge in [-0.1, -0.05) is 0 Å². The smallest absolute Gasteiger partial charge is 0.226 e. The van der Waals surface area contributed by atoms with Crippen LogP contribution in [-0.2, 0) is 9.53 Å². The quantitative estimate of drug-likeness (QED) is 0.718. The Bertz CT molecular complexity index is 270. The van der Waals surface area contributed by atoms with Gasteiger partial charge in [0.15, 0.2) is 0 Å². The van der Waals surface area contributed by atoms with Gasteiger partial charge in [-0.15, -0.1) is 0 Å². The number of hydrogen-bond donors (Lipinski definition) is 1. The van der Waals surface area contributed by atoms with Crippen LogP contribution in [0.3, 0.4) is 0 Å². The van der Waals surface area contributed by atoms with Crippen molar-refractivity contribution in [2.75, 3.05) is 13.2 Å².